The van der Waals surface area contributed by atoms with Crippen LogP contribution in [0.25, 0.3) is 0 Å². The molecule has 0 radical (unpaired) electrons. The lowest BCUT2D eigenvalue weighted by atomic mass is 9.99. The van der Waals surface area contributed by atoms with E-state index in [-0.39, 0.29) is 11.1 Å². The molecule has 3 heteroatoms. The summed E-state index contributed by atoms with van der Waals surface area (Å²) in [6, 6.07) is 0.684. The second-order valence-corrected chi connectivity index (χ2v) is 7.69. The normalized spacial score (nSPS) is 23.8. The highest BCUT2D eigenvalue weighted by atomic mass is 16.5. The molecule has 0 unspecified atom stereocenters. The van der Waals surface area contributed by atoms with Gasteiger partial charge in [-0.2, -0.15) is 0 Å². The first kappa shape index (κ1) is 16.9. The van der Waals surface area contributed by atoms with Gasteiger partial charge in [0.05, 0.1) is 12.2 Å². The van der Waals surface area contributed by atoms with E-state index in [1.54, 1.807) is 0 Å². The van der Waals surface area contributed by atoms with Gasteiger partial charge >= 0.3 is 0 Å². The third kappa shape index (κ3) is 5.80. The Morgan fingerprint density at radius 2 is 1.68 bits per heavy atom. The van der Waals surface area contributed by atoms with E-state index in [1.165, 1.54) is 26.1 Å². The second kappa shape index (κ2) is 6.55. The first-order valence-corrected chi connectivity index (χ1v) is 7.76. The number of rotatable bonds is 4. The zero-order chi connectivity index (χ0) is 14.7. The van der Waals surface area contributed by atoms with E-state index < -0.39 is 0 Å². The average molecular weight is 270 g/mol. The number of ether oxygens (including phenoxy) is 1. The van der Waals surface area contributed by atoms with Crippen LogP contribution in [0.5, 0.6) is 0 Å². The Hall–Kier alpha value is -0.120. The van der Waals surface area contributed by atoms with E-state index in [0.29, 0.717) is 6.04 Å². The van der Waals surface area contributed by atoms with Crippen LogP contribution in [0.15, 0.2) is 0 Å². The van der Waals surface area contributed by atoms with Crippen molar-refractivity contribution in [1.82, 2.24) is 9.80 Å². The quantitative estimate of drug-likeness (QED) is 0.781. The zero-order valence-corrected chi connectivity index (χ0v) is 14.1. The number of hydrogen-bond acceptors (Lipinski definition) is 3. The Kier molecular flexibility index (Phi) is 5.84. The van der Waals surface area contributed by atoms with Crippen LogP contribution in [0.4, 0.5) is 0 Å². The van der Waals surface area contributed by atoms with Gasteiger partial charge in [0.2, 0.25) is 0 Å². The Morgan fingerprint density at radius 3 is 2.16 bits per heavy atom. The molecule has 0 bridgehead atoms. The second-order valence-electron chi connectivity index (χ2n) is 7.69. The van der Waals surface area contributed by atoms with Crippen LogP contribution in [0.2, 0.25) is 0 Å². The summed E-state index contributed by atoms with van der Waals surface area (Å²) in [6.07, 6.45) is 1.23. The Bertz CT molecular complexity index is 263. The van der Waals surface area contributed by atoms with Crippen molar-refractivity contribution in [3.05, 3.63) is 0 Å². The lowest BCUT2D eigenvalue weighted by Crippen LogP contribution is -2.59. The maximum atomic E-state index is 5.84. The molecule has 0 aliphatic carbocycles. The van der Waals surface area contributed by atoms with Crippen LogP contribution in [0, 0.1) is 0 Å². The van der Waals surface area contributed by atoms with Gasteiger partial charge in [-0.1, -0.05) is 6.92 Å². The molecule has 0 aromatic rings. The van der Waals surface area contributed by atoms with Crippen LogP contribution < -0.4 is 0 Å². The third-order valence-corrected chi connectivity index (χ3v) is 3.84. The summed E-state index contributed by atoms with van der Waals surface area (Å²) in [5, 5.41) is 0. The molecule has 0 N–H and O–H groups in total. The summed E-state index contributed by atoms with van der Waals surface area (Å²) in [7, 11) is 0. The maximum absolute atomic E-state index is 5.84. The molecule has 1 saturated heterocycles. The topological polar surface area (TPSA) is 15.7 Å². The van der Waals surface area contributed by atoms with Crippen molar-refractivity contribution in [2.24, 2.45) is 0 Å². The van der Waals surface area contributed by atoms with Crippen molar-refractivity contribution < 1.29 is 4.74 Å². The first-order valence-electron chi connectivity index (χ1n) is 7.76. The fraction of sp³-hybridized carbons (Fsp3) is 1.00. The summed E-state index contributed by atoms with van der Waals surface area (Å²) in [6.45, 7) is 21.1. The fourth-order valence-corrected chi connectivity index (χ4v) is 2.84. The van der Waals surface area contributed by atoms with Gasteiger partial charge in [-0.3, -0.25) is 9.80 Å². The van der Waals surface area contributed by atoms with Gasteiger partial charge < -0.3 is 4.74 Å². The minimum Gasteiger partial charge on any atom is -0.375 e. The van der Waals surface area contributed by atoms with Gasteiger partial charge in [0.25, 0.3) is 0 Å². The monoisotopic (exact) mass is 270 g/mol. The van der Waals surface area contributed by atoms with Gasteiger partial charge in [-0.05, 0) is 48.0 Å². The lowest BCUT2D eigenvalue weighted by molar-refractivity contribution is -0.0342. The highest BCUT2D eigenvalue weighted by Crippen LogP contribution is 2.22. The van der Waals surface area contributed by atoms with Crippen LogP contribution in [-0.4, -0.2) is 59.8 Å². The summed E-state index contributed by atoms with van der Waals surface area (Å²) in [5.74, 6) is 0. The van der Waals surface area contributed by atoms with Gasteiger partial charge in [0, 0.05) is 37.8 Å². The van der Waals surface area contributed by atoms with E-state index >= 15 is 0 Å². The molecule has 19 heavy (non-hydrogen) atoms. The van der Waals surface area contributed by atoms with Crippen molar-refractivity contribution in [3.63, 3.8) is 0 Å². The van der Waals surface area contributed by atoms with Gasteiger partial charge in [0.15, 0.2) is 0 Å². The zero-order valence-electron chi connectivity index (χ0n) is 14.1. The maximum Gasteiger partial charge on any atom is 0.0600 e. The molecule has 1 heterocycles. The molecule has 0 aromatic carbocycles. The van der Waals surface area contributed by atoms with Gasteiger partial charge in [0.1, 0.15) is 0 Å². The van der Waals surface area contributed by atoms with Crippen molar-refractivity contribution in [2.45, 2.75) is 72.1 Å². The summed E-state index contributed by atoms with van der Waals surface area (Å²) < 4.78 is 5.84. The molecule has 1 aliphatic rings. The molecule has 114 valence electrons. The molecule has 0 spiro atoms. The summed E-state index contributed by atoms with van der Waals surface area (Å²) >= 11 is 0. The molecule has 0 saturated carbocycles. The first-order chi connectivity index (χ1) is 8.63. The Morgan fingerprint density at radius 1 is 1.05 bits per heavy atom. The average Bonchev–Trinajstić information content (AvgIpc) is 2.25. The molecule has 1 atom stereocenters. The minimum absolute atomic E-state index is 0.0165. The summed E-state index contributed by atoms with van der Waals surface area (Å²) in [4.78, 5) is 5.22. The van der Waals surface area contributed by atoms with Crippen LogP contribution in [0.3, 0.4) is 0 Å². The van der Waals surface area contributed by atoms with Crippen molar-refractivity contribution >= 4 is 0 Å². The Labute approximate surface area is 120 Å². The number of nitrogens with zero attached hydrogens (tertiary/aromatic N) is 2. The van der Waals surface area contributed by atoms with E-state index in [4.69, 9.17) is 4.74 Å². The predicted octanol–water partition coefficient (Wildman–Crippen LogP) is 3.00. The highest BCUT2D eigenvalue weighted by Gasteiger charge is 2.32. The molecule has 1 rings (SSSR count). The van der Waals surface area contributed by atoms with E-state index in [2.05, 4.69) is 58.3 Å². The molecule has 0 amide bonds. The molecular formula is C16H34N2O. The van der Waals surface area contributed by atoms with Crippen LogP contribution in [-0.2, 0) is 4.74 Å². The molecule has 3 nitrogen and oxygen atoms in total. The van der Waals surface area contributed by atoms with E-state index in [9.17, 15) is 0 Å². The van der Waals surface area contributed by atoms with Gasteiger partial charge in [-0.15, -0.1) is 0 Å². The Balaban J connectivity index is 2.42. The third-order valence-electron chi connectivity index (χ3n) is 3.84. The van der Waals surface area contributed by atoms with Crippen molar-refractivity contribution in [3.8, 4) is 0 Å². The van der Waals surface area contributed by atoms with Gasteiger partial charge in [-0.25, -0.2) is 0 Å². The number of piperazine rings is 1. The summed E-state index contributed by atoms with van der Waals surface area (Å²) in [5.41, 5.74) is 0.270. The molecule has 0 aromatic heterocycles. The fourth-order valence-electron chi connectivity index (χ4n) is 2.84. The van der Waals surface area contributed by atoms with Crippen LogP contribution in [0.1, 0.15) is 54.9 Å². The number of hydrogen-bond donors (Lipinski definition) is 0. The highest BCUT2D eigenvalue weighted by molar-refractivity contribution is 4.88. The van der Waals surface area contributed by atoms with Crippen molar-refractivity contribution in [1.29, 1.82) is 0 Å². The molecule has 1 aliphatic heterocycles. The minimum atomic E-state index is -0.0165. The molecule has 1 fully saturated rings. The van der Waals surface area contributed by atoms with E-state index in [1.807, 2.05) is 0 Å². The van der Waals surface area contributed by atoms with E-state index in [0.717, 1.165) is 13.2 Å². The SMILES string of the molecule is CC[C@H]1CN(CCOC(C)(C)C)CCN1C(C)(C)C. The standard InChI is InChI=1S/C16H34N2O/c1-8-14-13-17(11-12-19-16(5,6)7)9-10-18(14)15(2,3)4/h14H,8-13H2,1-7H3/t14-/m0/s1. The lowest BCUT2D eigenvalue weighted by Gasteiger charge is -2.48. The predicted molar refractivity (Wildman–Crippen MR) is 82.7 cm³/mol. The smallest absolute Gasteiger partial charge is 0.0600 e. The largest absolute Gasteiger partial charge is 0.375 e. The molecular weight excluding hydrogens is 236 g/mol. The van der Waals surface area contributed by atoms with Crippen molar-refractivity contribution in [2.75, 3.05) is 32.8 Å². The van der Waals surface area contributed by atoms with Crippen LogP contribution >= 0.6 is 0 Å².